The molecule has 0 aliphatic heterocycles. The summed E-state index contributed by atoms with van der Waals surface area (Å²) in [7, 11) is 0. The molecule has 0 bridgehead atoms. The molecular formula is C24H26N4O2. The van der Waals surface area contributed by atoms with Gasteiger partial charge in [-0.05, 0) is 62.7 Å². The van der Waals surface area contributed by atoms with Crippen LogP contribution in [0.4, 0.5) is 5.69 Å². The van der Waals surface area contributed by atoms with Gasteiger partial charge >= 0.3 is 0 Å². The van der Waals surface area contributed by atoms with Gasteiger partial charge in [-0.25, -0.2) is 4.68 Å². The number of rotatable bonds is 7. The van der Waals surface area contributed by atoms with Crippen molar-refractivity contribution in [2.75, 3.05) is 5.32 Å². The number of anilines is 1. The van der Waals surface area contributed by atoms with E-state index in [9.17, 15) is 9.59 Å². The molecule has 2 amide bonds. The zero-order valence-corrected chi connectivity index (χ0v) is 17.4. The summed E-state index contributed by atoms with van der Waals surface area (Å²) in [4.78, 5) is 24.5. The Morgan fingerprint density at radius 2 is 1.77 bits per heavy atom. The van der Waals surface area contributed by atoms with E-state index in [2.05, 4.69) is 15.7 Å². The van der Waals surface area contributed by atoms with Gasteiger partial charge in [0.1, 0.15) is 0 Å². The minimum Gasteiger partial charge on any atom is -0.347 e. The van der Waals surface area contributed by atoms with Gasteiger partial charge in [0, 0.05) is 34.6 Å². The third kappa shape index (κ3) is 5.67. The van der Waals surface area contributed by atoms with Crippen LogP contribution in [-0.2, 0) is 4.79 Å². The highest BCUT2D eigenvalue weighted by molar-refractivity contribution is 6.02. The lowest BCUT2D eigenvalue weighted by molar-refractivity contribution is -0.111. The Morgan fingerprint density at radius 1 is 1.07 bits per heavy atom. The molecule has 0 unspecified atom stereocenters. The highest BCUT2D eigenvalue weighted by Crippen LogP contribution is 2.13. The van der Waals surface area contributed by atoms with Crippen molar-refractivity contribution in [2.45, 2.75) is 32.7 Å². The molecule has 154 valence electrons. The molecule has 1 aromatic heterocycles. The van der Waals surface area contributed by atoms with Gasteiger partial charge in [0.2, 0.25) is 5.91 Å². The second-order valence-corrected chi connectivity index (χ2v) is 7.65. The zero-order valence-electron chi connectivity index (χ0n) is 17.4. The first kappa shape index (κ1) is 21.0. The molecule has 2 N–H and O–H groups in total. The van der Waals surface area contributed by atoms with Crippen LogP contribution in [0.5, 0.6) is 0 Å². The molecular weight excluding hydrogens is 376 g/mol. The molecule has 0 fully saturated rings. The van der Waals surface area contributed by atoms with Crippen LogP contribution in [-0.4, -0.2) is 27.1 Å². The van der Waals surface area contributed by atoms with E-state index in [-0.39, 0.29) is 17.4 Å². The second kappa shape index (κ2) is 9.22. The molecule has 1 heterocycles. The third-order valence-electron chi connectivity index (χ3n) is 4.80. The molecule has 6 nitrogen and oxygen atoms in total. The van der Waals surface area contributed by atoms with Crippen LogP contribution in [0.3, 0.4) is 0 Å². The lowest BCUT2D eigenvalue weighted by Gasteiger charge is -2.24. The fourth-order valence-corrected chi connectivity index (χ4v) is 2.67. The highest BCUT2D eigenvalue weighted by atomic mass is 16.2. The first-order valence-electron chi connectivity index (χ1n) is 9.88. The first-order chi connectivity index (χ1) is 14.4. The number of nitrogens with one attached hydrogen (secondary N) is 2. The van der Waals surface area contributed by atoms with Gasteiger partial charge in [-0.2, -0.15) is 5.10 Å². The highest BCUT2D eigenvalue weighted by Gasteiger charge is 2.18. The Kier molecular flexibility index (Phi) is 6.47. The van der Waals surface area contributed by atoms with Crippen LogP contribution >= 0.6 is 0 Å². The fourth-order valence-electron chi connectivity index (χ4n) is 2.67. The Labute approximate surface area is 176 Å². The van der Waals surface area contributed by atoms with E-state index in [4.69, 9.17) is 0 Å². The van der Waals surface area contributed by atoms with Crippen molar-refractivity contribution in [3.63, 3.8) is 0 Å². The van der Waals surface area contributed by atoms with Crippen LogP contribution < -0.4 is 10.6 Å². The van der Waals surface area contributed by atoms with Gasteiger partial charge in [-0.15, -0.1) is 0 Å². The van der Waals surface area contributed by atoms with E-state index in [1.54, 1.807) is 41.2 Å². The van der Waals surface area contributed by atoms with Crippen LogP contribution in [0.15, 0.2) is 73.1 Å². The predicted molar refractivity (Wildman–Crippen MR) is 120 cm³/mol. The quantitative estimate of drug-likeness (QED) is 0.574. The Balaban J connectivity index is 1.57. The van der Waals surface area contributed by atoms with Crippen molar-refractivity contribution in [1.82, 2.24) is 15.1 Å². The molecule has 0 atom stereocenters. The summed E-state index contributed by atoms with van der Waals surface area (Å²) in [6.45, 7) is 5.99. The number of para-hydroxylation sites is 1. The molecule has 0 radical (unpaired) electrons. The monoisotopic (exact) mass is 402 g/mol. The van der Waals surface area contributed by atoms with Gasteiger partial charge in [-0.3, -0.25) is 9.59 Å². The Morgan fingerprint density at radius 3 is 2.43 bits per heavy atom. The zero-order chi connectivity index (χ0) is 21.6. The summed E-state index contributed by atoms with van der Waals surface area (Å²) in [5.41, 5.74) is 2.69. The molecule has 3 aromatic rings. The SMILES string of the molecule is CCC(C)(C)NC(=O)c1ccc(NC(=O)/C=C/c2cnn(-c3ccccc3)c2)cc1. The van der Waals surface area contributed by atoms with Crippen LogP contribution in [0.1, 0.15) is 43.1 Å². The molecule has 0 aliphatic carbocycles. The molecule has 3 rings (SSSR count). The molecule has 6 heteroatoms. The van der Waals surface area contributed by atoms with Gasteiger partial charge in [0.15, 0.2) is 0 Å². The number of amides is 2. The normalized spacial score (nSPS) is 11.4. The number of carbonyl (C=O) groups excluding carboxylic acids is 2. The van der Waals surface area contributed by atoms with E-state index in [1.807, 2.05) is 57.3 Å². The lowest BCUT2D eigenvalue weighted by atomic mass is 10.0. The molecule has 0 saturated carbocycles. The van der Waals surface area contributed by atoms with Crippen LogP contribution in [0.25, 0.3) is 11.8 Å². The summed E-state index contributed by atoms with van der Waals surface area (Å²) in [5, 5.41) is 10.1. The van der Waals surface area contributed by atoms with Crippen molar-refractivity contribution in [3.05, 3.63) is 84.2 Å². The summed E-state index contributed by atoms with van der Waals surface area (Å²) in [5.74, 6) is -0.387. The summed E-state index contributed by atoms with van der Waals surface area (Å²) >= 11 is 0. The van der Waals surface area contributed by atoms with Crippen LogP contribution in [0.2, 0.25) is 0 Å². The largest absolute Gasteiger partial charge is 0.347 e. The van der Waals surface area contributed by atoms with E-state index >= 15 is 0 Å². The lowest BCUT2D eigenvalue weighted by Crippen LogP contribution is -2.42. The Bertz CT molecular complexity index is 1030. The number of hydrogen-bond donors (Lipinski definition) is 2. The number of aromatic nitrogens is 2. The standard InChI is InChI=1S/C24H26N4O2/c1-4-24(2,3)27-23(30)19-11-13-20(14-12-19)26-22(29)15-10-18-16-25-28(17-18)21-8-6-5-7-9-21/h5-17H,4H2,1-3H3,(H,26,29)(H,27,30)/b15-10+. The number of nitrogens with zero attached hydrogens (tertiary/aromatic N) is 2. The number of hydrogen-bond acceptors (Lipinski definition) is 3. The number of carbonyl (C=O) groups is 2. The molecule has 2 aromatic carbocycles. The van der Waals surface area contributed by atoms with E-state index < -0.39 is 0 Å². The minimum absolute atomic E-state index is 0.130. The minimum atomic E-state index is -0.261. The second-order valence-electron chi connectivity index (χ2n) is 7.65. The average molecular weight is 402 g/mol. The molecule has 30 heavy (non-hydrogen) atoms. The summed E-state index contributed by atoms with van der Waals surface area (Å²) < 4.78 is 1.75. The van der Waals surface area contributed by atoms with Crippen molar-refractivity contribution in [2.24, 2.45) is 0 Å². The topological polar surface area (TPSA) is 76.0 Å². The molecule has 0 aliphatic rings. The van der Waals surface area contributed by atoms with Crippen molar-refractivity contribution < 1.29 is 9.59 Å². The van der Waals surface area contributed by atoms with E-state index in [0.29, 0.717) is 11.3 Å². The maximum Gasteiger partial charge on any atom is 0.251 e. The predicted octanol–water partition coefficient (Wildman–Crippen LogP) is 4.44. The fraction of sp³-hybridized carbons (Fsp3) is 0.208. The van der Waals surface area contributed by atoms with Crippen molar-refractivity contribution in [1.29, 1.82) is 0 Å². The summed E-state index contributed by atoms with van der Waals surface area (Å²) in [6, 6.07) is 16.6. The smallest absolute Gasteiger partial charge is 0.251 e. The number of benzene rings is 2. The van der Waals surface area contributed by atoms with Crippen molar-refractivity contribution in [3.8, 4) is 5.69 Å². The van der Waals surface area contributed by atoms with Gasteiger partial charge in [0.05, 0.1) is 11.9 Å². The van der Waals surface area contributed by atoms with Gasteiger partial charge in [-0.1, -0.05) is 25.1 Å². The van der Waals surface area contributed by atoms with Gasteiger partial charge in [0.25, 0.3) is 5.91 Å². The third-order valence-corrected chi connectivity index (χ3v) is 4.80. The average Bonchev–Trinajstić information content (AvgIpc) is 3.22. The first-order valence-corrected chi connectivity index (χ1v) is 9.88. The van der Waals surface area contributed by atoms with Gasteiger partial charge < -0.3 is 10.6 Å². The summed E-state index contributed by atoms with van der Waals surface area (Å²) in [6.07, 6.45) is 7.54. The molecule has 0 saturated heterocycles. The maximum absolute atomic E-state index is 12.3. The maximum atomic E-state index is 12.3. The van der Waals surface area contributed by atoms with E-state index in [0.717, 1.165) is 17.7 Å². The van der Waals surface area contributed by atoms with Crippen LogP contribution in [0, 0.1) is 0 Å². The Hall–Kier alpha value is -3.67. The van der Waals surface area contributed by atoms with Crippen molar-refractivity contribution >= 4 is 23.6 Å². The van der Waals surface area contributed by atoms with E-state index in [1.165, 1.54) is 6.08 Å². The molecule has 0 spiro atoms.